The lowest BCUT2D eigenvalue weighted by Crippen LogP contribution is -2.53. The maximum absolute atomic E-state index is 13.3. The molecule has 2 aromatic carbocycles. The third-order valence-corrected chi connectivity index (χ3v) is 5.19. The number of nitrogens with zero attached hydrogens (tertiary/aromatic N) is 1. The second kappa shape index (κ2) is 10.4. The van der Waals surface area contributed by atoms with E-state index in [1.54, 1.807) is 19.1 Å². The van der Waals surface area contributed by atoms with E-state index in [0.717, 1.165) is 11.1 Å². The van der Waals surface area contributed by atoms with Crippen molar-refractivity contribution in [3.8, 4) is 5.75 Å². The highest BCUT2D eigenvalue weighted by molar-refractivity contribution is 6.30. The highest BCUT2D eigenvalue weighted by Gasteiger charge is 2.29. The summed E-state index contributed by atoms with van der Waals surface area (Å²) in [7, 11) is 0. The summed E-state index contributed by atoms with van der Waals surface area (Å²) in [5.74, 6) is 0.177. The van der Waals surface area contributed by atoms with Crippen LogP contribution in [-0.4, -0.2) is 34.9 Å². The van der Waals surface area contributed by atoms with E-state index >= 15 is 0 Å². The van der Waals surface area contributed by atoms with E-state index in [4.69, 9.17) is 16.3 Å². The number of ether oxygens (including phenoxy) is 1. The molecule has 5 nitrogen and oxygen atoms in total. The van der Waals surface area contributed by atoms with E-state index in [1.807, 2.05) is 57.2 Å². The van der Waals surface area contributed by atoms with Crippen LogP contribution in [0.2, 0.25) is 5.02 Å². The smallest absolute Gasteiger partial charge is 0.261 e. The highest BCUT2D eigenvalue weighted by atomic mass is 35.5. The van der Waals surface area contributed by atoms with Crippen LogP contribution in [0.5, 0.6) is 5.75 Å². The lowest BCUT2D eigenvalue weighted by atomic mass is 9.86. The second-order valence-corrected chi connectivity index (χ2v) is 10.5. The van der Waals surface area contributed by atoms with Gasteiger partial charge in [0.1, 0.15) is 11.8 Å². The number of carbonyl (C=O) groups is 2. The number of hydrogen-bond acceptors (Lipinski definition) is 3. The summed E-state index contributed by atoms with van der Waals surface area (Å²) in [4.78, 5) is 27.7. The Labute approximate surface area is 197 Å². The first-order valence-electron chi connectivity index (χ1n) is 10.9. The SMILES string of the molecule is C[C@H](C(=O)NC(C)(C)C)N(Cc1cccc(Cl)c1)C(=O)COc1ccccc1C(C)(C)C. The molecule has 0 heterocycles. The molecule has 174 valence electrons. The summed E-state index contributed by atoms with van der Waals surface area (Å²) >= 11 is 6.13. The Balaban J connectivity index is 2.25. The van der Waals surface area contributed by atoms with Crippen LogP contribution in [0.3, 0.4) is 0 Å². The van der Waals surface area contributed by atoms with Crippen LogP contribution in [0.1, 0.15) is 59.6 Å². The van der Waals surface area contributed by atoms with Gasteiger partial charge in [-0.15, -0.1) is 0 Å². The zero-order valence-corrected chi connectivity index (χ0v) is 20.9. The normalized spacial score (nSPS) is 12.8. The van der Waals surface area contributed by atoms with Crippen molar-refractivity contribution >= 4 is 23.4 Å². The minimum atomic E-state index is -0.679. The van der Waals surface area contributed by atoms with E-state index in [9.17, 15) is 9.59 Å². The lowest BCUT2D eigenvalue weighted by Gasteiger charge is -2.31. The maximum Gasteiger partial charge on any atom is 0.261 e. The lowest BCUT2D eigenvalue weighted by molar-refractivity contribution is -0.142. The van der Waals surface area contributed by atoms with Gasteiger partial charge < -0.3 is 15.0 Å². The van der Waals surface area contributed by atoms with E-state index in [2.05, 4.69) is 26.1 Å². The summed E-state index contributed by atoms with van der Waals surface area (Å²) in [6.45, 7) is 13.8. The van der Waals surface area contributed by atoms with Gasteiger partial charge in [-0.05, 0) is 62.4 Å². The average Bonchev–Trinajstić information content (AvgIpc) is 2.68. The van der Waals surface area contributed by atoms with Gasteiger partial charge in [-0.25, -0.2) is 0 Å². The molecule has 0 unspecified atom stereocenters. The predicted molar refractivity (Wildman–Crippen MR) is 130 cm³/mol. The third kappa shape index (κ3) is 7.56. The summed E-state index contributed by atoms with van der Waals surface area (Å²) < 4.78 is 5.95. The third-order valence-electron chi connectivity index (χ3n) is 4.95. The van der Waals surface area contributed by atoms with Crippen LogP contribution >= 0.6 is 11.6 Å². The first kappa shape index (κ1) is 25.7. The van der Waals surface area contributed by atoms with Gasteiger partial charge in [0.15, 0.2) is 6.61 Å². The highest BCUT2D eigenvalue weighted by Crippen LogP contribution is 2.31. The monoisotopic (exact) mass is 458 g/mol. The summed E-state index contributed by atoms with van der Waals surface area (Å²) in [6, 6.07) is 14.3. The molecule has 0 fully saturated rings. The number of rotatable bonds is 7. The van der Waals surface area contributed by atoms with Gasteiger partial charge in [-0.2, -0.15) is 0 Å². The van der Waals surface area contributed by atoms with Crippen molar-refractivity contribution in [2.24, 2.45) is 0 Å². The molecule has 0 radical (unpaired) electrons. The Bertz CT molecular complexity index is 945. The van der Waals surface area contributed by atoms with Crippen LogP contribution in [0.25, 0.3) is 0 Å². The van der Waals surface area contributed by atoms with E-state index < -0.39 is 11.6 Å². The minimum absolute atomic E-state index is 0.125. The van der Waals surface area contributed by atoms with Crippen molar-refractivity contribution in [1.82, 2.24) is 10.2 Å². The first-order valence-corrected chi connectivity index (χ1v) is 11.2. The minimum Gasteiger partial charge on any atom is -0.483 e. The van der Waals surface area contributed by atoms with Crippen molar-refractivity contribution < 1.29 is 14.3 Å². The Morgan fingerprint density at radius 3 is 2.28 bits per heavy atom. The van der Waals surface area contributed by atoms with Gasteiger partial charge in [0.25, 0.3) is 5.91 Å². The number of hydrogen-bond donors (Lipinski definition) is 1. The second-order valence-electron chi connectivity index (χ2n) is 10.1. The molecule has 2 rings (SSSR count). The summed E-state index contributed by atoms with van der Waals surface area (Å²) in [5, 5.41) is 3.54. The predicted octanol–water partition coefficient (Wildman–Crippen LogP) is 5.35. The molecule has 0 spiro atoms. The van der Waals surface area contributed by atoms with Gasteiger partial charge in [-0.1, -0.05) is 62.7 Å². The molecule has 0 aromatic heterocycles. The summed E-state index contributed by atoms with van der Waals surface area (Å²) in [6.07, 6.45) is 0. The quantitative estimate of drug-likeness (QED) is 0.608. The fourth-order valence-electron chi connectivity index (χ4n) is 3.32. The van der Waals surface area contributed by atoms with E-state index in [1.165, 1.54) is 4.90 Å². The standard InChI is InChI=1S/C26H35ClN2O3/c1-18(24(31)28-26(5,6)7)29(16-19-11-10-12-20(27)15-19)23(30)17-32-22-14-9-8-13-21(22)25(2,3)4/h8-15,18H,16-17H2,1-7H3,(H,28,31)/t18-/m1/s1. The van der Waals surface area contributed by atoms with Gasteiger partial charge in [0.05, 0.1) is 0 Å². The summed E-state index contributed by atoms with van der Waals surface area (Å²) in [5.41, 5.74) is 1.34. The van der Waals surface area contributed by atoms with Crippen molar-refractivity contribution in [1.29, 1.82) is 0 Å². The number of amides is 2. The molecule has 0 saturated carbocycles. The van der Waals surface area contributed by atoms with Gasteiger partial charge >= 0.3 is 0 Å². The molecule has 1 N–H and O–H groups in total. The Morgan fingerprint density at radius 1 is 1.03 bits per heavy atom. The number of carbonyl (C=O) groups excluding carboxylic acids is 2. The number of halogens is 1. The largest absolute Gasteiger partial charge is 0.483 e. The van der Waals surface area contributed by atoms with Crippen molar-refractivity contribution in [3.05, 3.63) is 64.7 Å². The molecule has 2 aromatic rings. The molecule has 1 atom stereocenters. The maximum atomic E-state index is 13.3. The molecule has 0 aliphatic heterocycles. The Morgan fingerprint density at radius 2 is 1.69 bits per heavy atom. The molecule has 0 aliphatic carbocycles. The molecule has 2 amide bonds. The number of nitrogens with one attached hydrogen (secondary N) is 1. The number of benzene rings is 2. The van der Waals surface area contributed by atoms with Crippen LogP contribution in [-0.2, 0) is 21.5 Å². The zero-order valence-electron chi connectivity index (χ0n) is 20.2. The Hall–Kier alpha value is -2.53. The van der Waals surface area contributed by atoms with Crippen LogP contribution in [0.4, 0.5) is 0 Å². The molecule has 0 saturated heterocycles. The number of para-hydroxylation sites is 1. The molecule has 0 bridgehead atoms. The van der Waals surface area contributed by atoms with Gasteiger partial charge in [0, 0.05) is 17.1 Å². The zero-order chi connectivity index (χ0) is 24.1. The van der Waals surface area contributed by atoms with Crippen molar-refractivity contribution in [2.45, 2.75) is 72.0 Å². The average molecular weight is 459 g/mol. The van der Waals surface area contributed by atoms with Crippen LogP contribution in [0, 0.1) is 0 Å². The van der Waals surface area contributed by atoms with Crippen molar-refractivity contribution in [3.63, 3.8) is 0 Å². The fourth-order valence-corrected chi connectivity index (χ4v) is 3.54. The first-order chi connectivity index (χ1) is 14.8. The van der Waals surface area contributed by atoms with E-state index in [0.29, 0.717) is 10.8 Å². The molecule has 0 aliphatic rings. The fraction of sp³-hybridized carbons (Fsp3) is 0.462. The topological polar surface area (TPSA) is 58.6 Å². The van der Waals surface area contributed by atoms with Crippen LogP contribution < -0.4 is 10.1 Å². The Kier molecular flexibility index (Phi) is 8.35. The molecule has 6 heteroatoms. The van der Waals surface area contributed by atoms with E-state index in [-0.39, 0.29) is 30.4 Å². The van der Waals surface area contributed by atoms with Crippen LogP contribution in [0.15, 0.2) is 48.5 Å². The van der Waals surface area contributed by atoms with Crippen molar-refractivity contribution in [2.75, 3.05) is 6.61 Å². The molecular weight excluding hydrogens is 424 g/mol. The van der Waals surface area contributed by atoms with Gasteiger partial charge in [-0.3, -0.25) is 9.59 Å². The van der Waals surface area contributed by atoms with Gasteiger partial charge in [0.2, 0.25) is 5.91 Å². The molecule has 32 heavy (non-hydrogen) atoms. The molecular formula is C26H35ClN2O3.